The van der Waals surface area contributed by atoms with E-state index < -0.39 is 29.1 Å². The van der Waals surface area contributed by atoms with Crippen LogP contribution in [0.25, 0.3) is 6.08 Å². The predicted octanol–water partition coefficient (Wildman–Crippen LogP) is 3.00. The van der Waals surface area contributed by atoms with Crippen molar-refractivity contribution in [1.82, 2.24) is 4.90 Å². The Bertz CT molecular complexity index is 901. The molecule has 1 atom stereocenters. The van der Waals surface area contributed by atoms with Crippen LogP contribution in [-0.2, 0) is 23.9 Å². The second-order valence-electron chi connectivity index (χ2n) is 5.87. The van der Waals surface area contributed by atoms with Gasteiger partial charge in [-0.3, -0.25) is 14.5 Å². The van der Waals surface area contributed by atoms with Gasteiger partial charge < -0.3 is 18.9 Å². The van der Waals surface area contributed by atoms with E-state index in [1.165, 1.54) is 27.2 Å². The summed E-state index contributed by atoms with van der Waals surface area (Å²) in [6, 6.07) is 2.12. The van der Waals surface area contributed by atoms with Crippen LogP contribution in [0.1, 0.15) is 19.4 Å². The first kappa shape index (κ1) is 23.7. The Morgan fingerprint density at radius 3 is 2.53 bits per heavy atom. The molecule has 9 nitrogen and oxygen atoms in total. The highest BCUT2D eigenvalue weighted by Crippen LogP contribution is 2.38. The van der Waals surface area contributed by atoms with Crippen LogP contribution in [0.3, 0.4) is 0 Å². The molecule has 2 amide bonds. The number of rotatable bonds is 8. The third-order valence-corrected chi connectivity index (χ3v) is 5.55. The number of ether oxygens (including phenoxy) is 4. The molecule has 1 heterocycles. The number of benzene rings is 1. The summed E-state index contributed by atoms with van der Waals surface area (Å²) in [5.74, 6) is -1.21. The van der Waals surface area contributed by atoms with Crippen LogP contribution in [0.4, 0.5) is 4.79 Å². The Hall–Kier alpha value is -2.53. The van der Waals surface area contributed by atoms with Gasteiger partial charge in [-0.15, -0.1) is 0 Å². The van der Waals surface area contributed by atoms with Gasteiger partial charge in [-0.2, -0.15) is 0 Å². The third kappa shape index (κ3) is 5.33. The van der Waals surface area contributed by atoms with Crippen LogP contribution < -0.4 is 9.47 Å². The molecule has 1 aliphatic heterocycles. The minimum absolute atomic E-state index is 0.141. The second kappa shape index (κ2) is 10.5. The highest BCUT2D eigenvalue weighted by atomic mass is 79.9. The summed E-state index contributed by atoms with van der Waals surface area (Å²) in [7, 11) is 2.67. The number of imide groups is 1. The molecule has 0 aromatic heterocycles. The molecule has 0 spiro atoms. The Kier molecular flexibility index (Phi) is 8.30. The number of hydrogen-bond donors (Lipinski definition) is 0. The zero-order chi connectivity index (χ0) is 22.4. The van der Waals surface area contributed by atoms with Crippen LogP contribution in [0.15, 0.2) is 21.5 Å². The van der Waals surface area contributed by atoms with Crippen LogP contribution in [0, 0.1) is 0 Å². The van der Waals surface area contributed by atoms with Crippen molar-refractivity contribution in [2.24, 2.45) is 0 Å². The maximum Gasteiger partial charge on any atom is 0.343 e. The van der Waals surface area contributed by atoms with E-state index in [4.69, 9.17) is 14.2 Å². The van der Waals surface area contributed by atoms with Gasteiger partial charge >= 0.3 is 11.9 Å². The van der Waals surface area contributed by atoms with E-state index in [2.05, 4.69) is 20.7 Å². The predicted molar refractivity (Wildman–Crippen MR) is 112 cm³/mol. The average molecular weight is 502 g/mol. The molecular weight excluding hydrogens is 482 g/mol. The fourth-order valence-electron chi connectivity index (χ4n) is 2.45. The molecule has 1 aliphatic rings. The van der Waals surface area contributed by atoms with Gasteiger partial charge in [0.25, 0.3) is 11.1 Å². The normalized spacial score (nSPS) is 15.9. The van der Waals surface area contributed by atoms with Crippen molar-refractivity contribution in [1.29, 1.82) is 0 Å². The summed E-state index contributed by atoms with van der Waals surface area (Å²) in [6.45, 7) is 2.92. The largest absolute Gasteiger partial charge is 0.493 e. The van der Waals surface area contributed by atoms with Gasteiger partial charge in [0.2, 0.25) is 0 Å². The van der Waals surface area contributed by atoms with E-state index in [-0.39, 0.29) is 23.9 Å². The number of halogens is 1. The first-order chi connectivity index (χ1) is 14.2. The Morgan fingerprint density at radius 1 is 1.23 bits per heavy atom. The van der Waals surface area contributed by atoms with Crippen molar-refractivity contribution in [2.45, 2.75) is 19.9 Å². The fraction of sp³-hybridized carbons (Fsp3) is 0.368. The first-order valence-corrected chi connectivity index (χ1v) is 10.3. The average Bonchev–Trinajstić information content (AvgIpc) is 3.00. The second-order valence-corrected chi connectivity index (χ2v) is 7.72. The number of carbonyl (C=O) groups excluding carboxylic acids is 4. The number of amides is 2. The molecule has 162 valence electrons. The standard InChI is InChI=1S/C19H20BrNO8S/c1-5-28-18(24)10(2)21-17(23)15(30-19(21)25)7-11-6-13(26-3)14(8-12(11)20)29-9-16(22)27-4/h6-8,10H,5,9H2,1-4H3/b15-7+/t10-/m0/s1. The molecule has 1 saturated heterocycles. The molecule has 0 aliphatic carbocycles. The smallest absolute Gasteiger partial charge is 0.343 e. The van der Waals surface area contributed by atoms with Gasteiger partial charge in [-0.25, -0.2) is 9.59 Å². The minimum atomic E-state index is -1.03. The van der Waals surface area contributed by atoms with E-state index in [1.54, 1.807) is 19.1 Å². The van der Waals surface area contributed by atoms with Crippen LogP contribution in [0.2, 0.25) is 0 Å². The topological polar surface area (TPSA) is 108 Å². The first-order valence-electron chi connectivity index (χ1n) is 8.74. The highest BCUT2D eigenvalue weighted by molar-refractivity contribution is 9.10. The summed E-state index contributed by atoms with van der Waals surface area (Å²) >= 11 is 4.10. The minimum Gasteiger partial charge on any atom is -0.493 e. The maximum atomic E-state index is 12.7. The summed E-state index contributed by atoms with van der Waals surface area (Å²) in [5, 5.41) is -0.562. The molecule has 1 fully saturated rings. The molecule has 0 radical (unpaired) electrons. The van der Waals surface area contributed by atoms with E-state index in [0.717, 1.165) is 16.7 Å². The SMILES string of the molecule is CCOC(=O)[C@H](C)N1C(=O)S/C(=C/c2cc(OC)c(OCC(=O)OC)cc2Br)C1=O. The fourth-order valence-corrected chi connectivity index (χ4v) is 3.79. The van der Waals surface area contributed by atoms with Crippen molar-refractivity contribution in [3.8, 4) is 11.5 Å². The van der Waals surface area contributed by atoms with Gasteiger partial charge in [-0.1, -0.05) is 15.9 Å². The molecule has 30 heavy (non-hydrogen) atoms. The number of nitrogens with zero attached hydrogens (tertiary/aromatic N) is 1. The summed E-state index contributed by atoms with van der Waals surface area (Å²) in [5.41, 5.74) is 0.534. The molecular formula is C19H20BrNO8S. The summed E-state index contributed by atoms with van der Waals surface area (Å²) in [6.07, 6.45) is 1.50. The lowest BCUT2D eigenvalue weighted by Gasteiger charge is -2.19. The van der Waals surface area contributed by atoms with Gasteiger partial charge in [0.15, 0.2) is 18.1 Å². The third-order valence-electron chi connectivity index (χ3n) is 3.98. The van der Waals surface area contributed by atoms with Gasteiger partial charge in [0, 0.05) is 4.47 Å². The zero-order valence-corrected chi connectivity index (χ0v) is 19.1. The maximum absolute atomic E-state index is 12.7. The molecule has 0 saturated carbocycles. The van der Waals surface area contributed by atoms with Gasteiger partial charge in [0.1, 0.15) is 6.04 Å². The van der Waals surface area contributed by atoms with Crippen molar-refractivity contribution in [2.75, 3.05) is 27.4 Å². The lowest BCUT2D eigenvalue weighted by atomic mass is 10.1. The Morgan fingerprint density at radius 2 is 1.93 bits per heavy atom. The number of thioether (sulfide) groups is 1. The quantitative estimate of drug-likeness (QED) is 0.392. The summed E-state index contributed by atoms with van der Waals surface area (Å²) in [4.78, 5) is 49.2. The molecule has 2 rings (SSSR count). The lowest BCUT2D eigenvalue weighted by molar-refractivity contribution is -0.150. The molecule has 1 aromatic rings. The summed E-state index contributed by atoms with van der Waals surface area (Å²) < 4.78 is 20.6. The van der Waals surface area contributed by atoms with Crippen LogP contribution in [0.5, 0.6) is 11.5 Å². The molecule has 11 heteroatoms. The molecule has 0 bridgehead atoms. The van der Waals surface area contributed by atoms with Crippen molar-refractivity contribution in [3.05, 3.63) is 27.1 Å². The lowest BCUT2D eigenvalue weighted by Crippen LogP contribution is -2.42. The number of hydrogen-bond acceptors (Lipinski definition) is 9. The zero-order valence-electron chi connectivity index (χ0n) is 16.7. The monoisotopic (exact) mass is 501 g/mol. The molecule has 1 aromatic carbocycles. The van der Waals surface area contributed by atoms with Crippen molar-refractivity contribution in [3.63, 3.8) is 0 Å². The van der Waals surface area contributed by atoms with Crippen LogP contribution in [-0.4, -0.2) is 61.5 Å². The Balaban J connectivity index is 2.29. The molecule has 0 N–H and O–H groups in total. The van der Waals surface area contributed by atoms with E-state index >= 15 is 0 Å². The molecule has 0 unspecified atom stereocenters. The number of methoxy groups -OCH3 is 2. The van der Waals surface area contributed by atoms with E-state index in [0.29, 0.717) is 15.8 Å². The van der Waals surface area contributed by atoms with Gasteiger partial charge in [0.05, 0.1) is 25.7 Å². The number of carbonyl (C=O) groups is 4. The van der Waals surface area contributed by atoms with E-state index in [9.17, 15) is 19.2 Å². The van der Waals surface area contributed by atoms with Crippen molar-refractivity contribution < 1.29 is 38.1 Å². The highest BCUT2D eigenvalue weighted by Gasteiger charge is 2.41. The van der Waals surface area contributed by atoms with Crippen molar-refractivity contribution >= 4 is 56.9 Å². The van der Waals surface area contributed by atoms with Gasteiger partial charge in [-0.05, 0) is 49.4 Å². The van der Waals surface area contributed by atoms with Crippen LogP contribution >= 0.6 is 27.7 Å². The number of esters is 2. The Labute approximate surface area is 185 Å². The van der Waals surface area contributed by atoms with E-state index in [1.807, 2.05) is 0 Å².